The fourth-order valence-corrected chi connectivity index (χ4v) is 3.45. The Hall–Kier alpha value is 0.420. The van der Waals surface area contributed by atoms with Gasteiger partial charge in [-0.2, -0.15) is 0 Å². The third-order valence-electron chi connectivity index (χ3n) is 5.06. The van der Waals surface area contributed by atoms with Crippen molar-refractivity contribution in [2.45, 2.75) is 65.2 Å². The topological polar surface area (TPSA) is 33.7 Å². The second-order valence-corrected chi connectivity index (χ2v) is 7.63. The van der Waals surface area contributed by atoms with E-state index in [-0.39, 0.29) is 24.8 Å². The average Bonchev–Trinajstić information content (AvgIpc) is 2.52. The molecule has 0 amide bonds. The lowest BCUT2D eigenvalue weighted by molar-refractivity contribution is -0.0993. The summed E-state index contributed by atoms with van der Waals surface area (Å²) >= 11 is 0. The first-order chi connectivity index (χ1) is 10.6. The Morgan fingerprint density at radius 3 is 2.00 bits per heavy atom. The number of ether oxygens (including phenoxy) is 2. The summed E-state index contributed by atoms with van der Waals surface area (Å²) in [6.07, 6.45) is 4.39. The molecule has 0 aromatic heterocycles. The molecule has 0 aliphatic carbocycles. The van der Waals surface area contributed by atoms with E-state index in [4.69, 9.17) is 9.47 Å². The Balaban J connectivity index is 0.00000264. The van der Waals surface area contributed by atoms with Crippen LogP contribution in [0.1, 0.15) is 47.0 Å². The molecule has 0 aromatic rings. The summed E-state index contributed by atoms with van der Waals surface area (Å²) in [5, 5.41) is 3.79. The minimum Gasteiger partial charge on any atom is -0.379 e. The van der Waals surface area contributed by atoms with Gasteiger partial charge in [-0.1, -0.05) is 27.7 Å². The van der Waals surface area contributed by atoms with Gasteiger partial charge >= 0.3 is 0 Å². The molecule has 2 heterocycles. The first kappa shape index (κ1) is 24.4. The van der Waals surface area contributed by atoms with Crippen LogP contribution in [-0.4, -0.2) is 62.5 Å². The molecule has 0 spiro atoms. The van der Waals surface area contributed by atoms with E-state index in [9.17, 15) is 0 Å². The number of hydrogen-bond acceptors (Lipinski definition) is 4. The fraction of sp³-hybridized carbons (Fsp3) is 1.00. The number of hydrogen-bond donors (Lipinski definition) is 1. The van der Waals surface area contributed by atoms with Gasteiger partial charge in [-0.15, -0.1) is 24.8 Å². The van der Waals surface area contributed by atoms with Gasteiger partial charge in [-0.3, -0.25) is 4.90 Å². The monoisotopic (exact) mass is 384 g/mol. The Bertz CT molecular complexity index is 297. The summed E-state index contributed by atoms with van der Waals surface area (Å²) in [6.45, 7) is 15.4. The minimum atomic E-state index is 0. The van der Waals surface area contributed by atoms with E-state index in [1.165, 1.54) is 25.8 Å². The predicted octanol–water partition coefficient (Wildman–Crippen LogP) is 3.37. The van der Waals surface area contributed by atoms with Gasteiger partial charge in [0, 0.05) is 19.1 Å². The van der Waals surface area contributed by atoms with Gasteiger partial charge < -0.3 is 14.8 Å². The summed E-state index contributed by atoms with van der Waals surface area (Å²) in [6, 6.07) is 0.623. The first-order valence-corrected chi connectivity index (χ1v) is 9.25. The molecule has 0 radical (unpaired) electrons. The zero-order valence-electron chi connectivity index (χ0n) is 15.8. The van der Waals surface area contributed by atoms with Crippen molar-refractivity contribution in [2.75, 3.05) is 39.4 Å². The average molecular weight is 385 g/mol. The number of morpholine rings is 1. The van der Waals surface area contributed by atoms with Gasteiger partial charge in [0.25, 0.3) is 0 Å². The molecule has 4 nitrogen and oxygen atoms in total. The van der Waals surface area contributed by atoms with Crippen LogP contribution >= 0.6 is 24.8 Å². The van der Waals surface area contributed by atoms with Crippen molar-refractivity contribution in [1.29, 1.82) is 0 Å². The molecule has 2 atom stereocenters. The molecule has 2 rings (SSSR count). The van der Waals surface area contributed by atoms with Gasteiger partial charge in [-0.05, 0) is 44.2 Å². The summed E-state index contributed by atoms with van der Waals surface area (Å²) in [4.78, 5) is 2.52. The van der Waals surface area contributed by atoms with E-state index >= 15 is 0 Å². The molecule has 0 saturated carbocycles. The molecular weight excluding hydrogens is 347 g/mol. The van der Waals surface area contributed by atoms with Crippen molar-refractivity contribution in [3.63, 3.8) is 0 Å². The van der Waals surface area contributed by atoms with Crippen molar-refractivity contribution in [3.8, 4) is 0 Å². The predicted molar refractivity (Wildman–Crippen MR) is 106 cm³/mol. The maximum absolute atomic E-state index is 6.28. The molecule has 24 heavy (non-hydrogen) atoms. The van der Waals surface area contributed by atoms with Crippen molar-refractivity contribution in [1.82, 2.24) is 10.2 Å². The van der Waals surface area contributed by atoms with Gasteiger partial charge in [0.1, 0.15) is 0 Å². The largest absolute Gasteiger partial charge is 0.379 e. The van der Waals surface area contributed by atoms with Crippen molar-refractivity contribution < 1.29 is 9.47 Å². The molecule has 6 heteroatoms. The molecule has 2 saturated heterocycles. The van der Waals surface area contributed by atoms with Crippen LogP contribution in [0.3, 0.4) is 0 Å². The van der Waals surface area contributed by atoms with E-state index < -0.39 is 0 Å². The zero-order valence-corrected chi connectivity index (χ0v) is 17.5. The lowest BCUT2D eigenvalue weighted by Crippen LogP contribution is -2.47. The van der Waals surface area contributed by atoms with Crippen LogP contribution in [0.2, 0.25) is 0 Å². The Morgan fingerprint density at radius 2 is 1.50 bits per heavy atom. The molecule has 0 bridgehead atoms. The molecular formula is C18H38Cl2N2O2. The highest BCUT2D eigenvalue weighted by Gasteiger charge is 2.32. The summed E-state index contributed by atoms with van der Waals surface area (Å²) in [5.41, 5.74) is 0. The summed E-state index contributed by atoms with van der Waals surface area (Å²) < 4.78 is 11.7. The Morgan fingerprint density at radius 1 is 0.958 bits per heavy atom. The highest BCUT2D eigenvalue weighted by molar-refractivity contribution is 5.85. The van der Waals surface area contributed by atoms with Crippen LogP contribution in [0.15, 0.2) is 0 Å². The lowest BCUT2D eigenvalue weighted by atomic mass is 9.88. The lowest BCUT2D eigenvalue weighted by Gasteiger charge is -2.39. The van der Waals surface area contributed by atoms with Gasteiger partial charge in [-0.25, -0.2) is 0 Å². The minimum absolute atomic E-state index is 0. The van der Waals surface area contributed by atoms with E-state index in [1.807, 2.05) is 0 Å². The third-order valence-corrected chi connectivity index (χ3v) is 5.06. The van der Waals surface area contributed by atoms with Gasteiger partial charge in [0.2, 0.25) is 0 Å². The number of nitrogens with one attached hydrogen (secondary N) is 1. The summed E-state index contributed by atoms with van der Waals surface area (Å²) in [7, 11) is 0. The Kier molecular flexibility index (Phi) is 12.9. The second kappa shape index (κ2) is 12.7. The van der Waals surface area contributed by atoms with Crippen LogP contribution in [0, 0.1) is 11.8 Å². The maximum atomic E-state index is 6.28. The van der Waals surface area contributed by atoms with Crippen LogP contribution in [0.5, 0.6) is 0 Å². The van der Waals surface area contributed by atoms with E-state index in [0.717, 1.165) is 32.8 Å². The Labute approximate surface area is 161 Å². The number of halogens is 2. The van der Waals surface area contributed by atoms with Crippen LogP contribution in [0.4, 0.5) is 0 Å². The van der Waals surface area contributed by atoms with Crippen molar-refractivity contribution in [2.24, 2.45) is 11.8 Å². The van der Waals surface area contributed by atoms with Crippen LogP contribution < -0.4 is 5.32 Å². The van der Waals surface area contributed by atoms with E-state index in [0.29, 0.717) is 30.1 Å². The van der Waals surface area contributed by atoms with E-state index in [1.54, 1.807) is 0 Å². The van der Waals surface area contributed by atoms with Crippen LogP contribution in [0.25, 0.3) is 0 Å². The van der Waals surface area contributed by atoms with Crippen molar-refractivity contribution in [3.05, 3.63) is 0 Å². The molecule has 146 valence electrons. The van der Waals surface area contributed by atoms with E-state index in [2.05, 4.69) is 37.9 Å². The third kappa shape index (κ3) is 8.20. The molecule has 0 aromatic carbocycles. The standard InChI is InChI=1S/C18H36N2O2.2ClH/c1-14(2)17-12-16(13-18(22-17)15(3)4)19-6-5-7-20-8-10-21-11-9-20;;/h14-19H,5-13H2,1-4H3;2*1H. The normalized spacial score (nSPS) is 28.5. The smallest absolute Gasteiger partial charge is 0.0616 e. The molecule has 2 fully saturated rings. The number of rotatable bonds is 7. The van der Waals surface area contributed by atoms with Gasteiger partial charge in [0.15, 0.2) is 0 Å². The van der Waals surface area contributed by atoms with Crippen molar-refractivity contribution >= 4 is 24.8 Å². The molecule has 1 N–H and O–H groups in total. The zero-order chi connectivity index (χ0) is 15.9. The molecule has 2 aliphatic rings. The summed E-state index contributed by atoms with van der Waals surface area (Å²) in [5.74, 6) is 1.22. The molecule has 2 unspecified atom stereocenters. The highest BCUT2D eigenvalue weighted by atomic mass is 35.5. The van der Waals surface area contributed by atoms with Gasteiger partial charge in [0.05, 0.1) is 25.4 Å². The molecule has 2 aliphatic heterocycles. The quantitative estimate of drug-likeness (QED) is 0.682. The maximum Gasteiger partial charge on any atom is 0.0616 e. The highest BCUT2D eigenvalue weighted by Crippen LogP contribution is 2.28. The SMILES string of the molecule is CC(C)C1CC(NCCCN2CCOCC2)CC(C(C)C)O1.Cl.Cl. The first-order valence-electron chi connectivity index (χ1n) is 9.25. The second-order valence-electron chi connectivity index (χ2n) is 7.63. The van der Waals surface area contributed by atoms with Crippen LogP contribution in [-0.2, 0) is 9.47 Å². The fourth-order valence-electron chi connectivity index (χ4n) is 3.45. The number of nitrogens with zero attached hydrogens (tertiary/aromatic N) is 1.